The molecule has 2 amide bonds. The summed E-state index contributed by atoms with van der Waals surface area (Å²) < 4.78 is 0. The van der Waals surface area contributed by atoms with E-state index in [1.165, 1.54) is 6.07 Å². The van der Waals surface area contributed by atoms with Crippen molar-refractivity contribution in [1.82, 2.24) is 20.7 Å². The van der Waals surface area contributed by atoms with Crippen molar-refractivity contribution in [3.05, 3.63) is 57.9 Å². The van der Waals surface area contributed by atoms with Crippen LogP contribution in [0.4, 0.5) is 4.79 Å². The molecule has 1 fully saturated rings. The molecule has 1 aromatic rings. The van der Waals surface area contributed by atoms with Gasteiger partial charge in [-0.05, 0) is 47.3 Å². The maximum Gasteiger partial charge on any atom is 0.333 e. The van der Waals surface area contributed by atoms with E-state index in [9.17, 15) is 14.7 Å². The van der Waals surface area contributed by atoms with Crippen LogP contribution in [0.25, 0.3) is 0 Å². The number of amides is 2. The predicted molar refractivity (Wildman–Crippen MR) is 121 cm³/mol. The molecule has 0 spiro atoms. The first-order valence-electron chi connectivity index (χ1n) is 10.7. The molecule has 8 nitrogen and oxygen atoms in total. The van der Waals surface area contributed by atoms with E-state index in [4.69, 9.17) is 5.26 Å². The number of carbonyl (C=O) groups excluding carboxylic acids is 2. The molecule has 3 rings (SSSR count). The van der Waals surface area contributed by atoms with Gasteiger partial charge in [0.05, 0.1) is 6.07 Å². The largest absolute Gasteiger partial charge is 0.508 e. The van der Waals surface area contributed by atoms with Gasteiger partial charge in [0.1, 0.15) is 18.2 Å². The molecule has 1 heterocycles. The second-order valence-electron chi connectivity index (χ2n) is 8.30. The van der Waals surface area contributed by atoms with Crippen LogP contribution in [0, 0.1) is 11.3 Å². The number of nitrogens with one attached hydrogen (secondary N) is 2. The first-order valence-corrected chi connectivity index (χ1v) is 10.7. The summed E-state index contributed by atoms with van der Waals surface area (Å²) in [6.45, 7) is 5.64. The van der Waals surface area contributed by atoms with Gasteiger partial charge in [-0.25, -0.2) is 4.79 Å². The molecule has 3 N–H and O–H groups in total. The average molecular weight is 436 g/mol. The molecule has 32 heavy (non-hydrogen) atoms. The quantitative estimate of drug-likeness (QED) is 0.312. The van der Waals surface area contributed by atoms with Crippen LogP contribution in [0.5, 0.6) is 5.75 Å². The van der Waals surface area contributed by atoms with E-state index < -0.39 is 6.17 Å². The molecule has 1 atom stereocenters. The van der Waals surface area contributed by atoms with Crippen molar-refractivity contribution < 1.29 is 14.7 Å². The Bertz CT molecular complexity index is 1030. The third-order valence-corrected chi connectivity index (χ3v) is 5.63. The lowest BCUT2D eigenvalue weighted by Crippen LogP contribution is -2.32. The van der Waals surface area contributed by atoms with Crippen LogP contribution in [0.15, 0.2) is 41.2 Å². The van der Waals surface area contributed by atoms with Crippen molar-refractivity contribution in [2.24, 2.45) is 0 Å². The van der Waals surface area contributed by atoms with Gasteiger partial charge in [-0.1, -0.05) is 19.9 Å². The van der Waals surface area contributed by atoms with E-state index in [0.717, 1.165) is 29.4 Å². The number of nitrogens with zero attached hydrogens (tertiary/aromatic N) is 3. The molecule has 168 valence electrons. The Morgan fingerprint density at radius 3 is 2.84 bits per heavy atom. The normalized spacial score (nSPS) is 18.4. The van der Waals surface area contributed by atoms with Gasteiger partial charge >= 0.3 is 6.03 Å². The minimum absolute atomic E-state index is 0.0198. The second-order valence-corrected chi connectivity index (χ2v) is 8.30. The summed E-state index contributed by atoms with van der Waals surface area (Å²) in [6, 6.07) is 5.13. The minimum atomic E-state index is -0.520. The predicted octanol–water partition coefficient (Wildman–Crippen LogP) is 3.11. The fraction of sp³-hybridized carbons (Fsp3) is 0.417. The van der Waals surface area contributed by atoms with Gasteiger partial charge in [0, 0.05) is 44.2 Å². The maximum absolute atomic E-state index is 12.7. The average Bonchev–Trinajstić information content (AvgIpc) is 3.04. The molecule has 1 aromatic carbocycles. The third kappa shape index (κ3) is 5.09. The van der Waals surface area contributed by atoms with E-state index in [0.29, 0.717) is 37.2 Å². The van der Waals surface area contributed by atoms with Crippen LogP contribution >= 0.6 is 0 Å². The number of hydrogen-bond donors (Lipinski definition) is 3. The fourth-order valence-electron chi connectivity index (χ4n) is 3.96. The number of hydrogen-bond acceptors (Lipinski definition) is 6. The highest BCUT2D eigenvalue weighted by Crippen LogP contribution is 2.37. The van der Waals surface area contributed by atoms with Gasteiger partial charge in [0.15, 0.2) is 0 Å². The van der Waals surface area contributed by atoms with Crippen molar-refractivity contribution >= 4 is 12.3 Å². The number of urea groups is 1. The van der Waals surface area contributed by atoms with Crippen molar-refractivity contribution in [2.75, 3.05) is 26.7 Å². The Balaban J connectivity index is 1.81. The standard InChI is InChI=1S/C24H29N5O3/c1-16(2)20-12-21(22(31)11-19(20)15-30)23-28(3)27-24(32)29(23)14-18-7-5-17(6-8-18)13-26-10-4-9-25/h7-8,11-12,15-16,23,26,31H,4-5,10,13-14H2,1-3H3,(H,27,32). The first-order chi connectivity index (χ1) is 15.3. The molecule has 0 bridgehead atoms. The topological polar surface area (TPSA) is 109 Å². The van der Waals surface area contributed by atoms with Gasteiger partial charge in [-0.15, -0.1) is 5.73 Å². The smallest absolute Gasteiger partial charge is 0.333 e. The summed E-state index contributed by atoms with van der Waals surface area (Å²) in [7, 11) is 1.75. The summed E-state index contributed by atoms with van der Waals surface area (Å²) in [5, 5.41) is 24.1. The number of rotatable bonds is 9. The van der Waals surface area contributed by atoms with Crippen molar-refractivity contribution in [3.63, 3.8) is 0 Å². The van der Waals surface area contributed by atoms with Crippen molar-refractivity contribution in [2.45, 2.75) is 38.8 Å². The zero-order valence-corrected chi connectivity index (χ0v) is 18.7. The summed E-state index contributed by atoms with van der Waals surface area (Å²) in [5.41, 5.74) is 9.96. The molecule has 1 aliphatic carbocycles. The van der Waals surface area contributed by atoms with Crippen LogP contribution in [0.1, 0.15) is 60.3 Å². The van der Waals surface area contributed by atoms with E-state index in [-0.39, 0.29) is 17.7 Å². The number of aromatic hydroxyl groups is 1. The van der Waals surface area contributed by atoms with Gasteiger partial charge in [0.25, 0.3) is 0 Å². The number of carbonyl (C=O) groups is 2. The monoisotopic (exact) mass is 435 g/mol. The molecule has 1 saturated heterocycles. The number of allylic oxidation sites excluding steroid dienone is 1. The molecular weight excluding hydrogens is 406 g/mol. The van der Waals surface area contributed by atoms with Gasteiger partial charge < -0.3 is 10.4 Å². The number of phenols is 1. The number of hydrazine groups is 1. The molecular formula is C24H29N5O3. The minimum Gasteiger partial charge on any atom is -0.508 e. The van der Waals surface area contributed by atoms with Crippen LogP contribution < -0.4 is 10.7 Å². The second kappa shape index (κ2) is 10.3. The summed E-state index contributed by atoms with van der Waals surface area (Å²) in [6.07, 6.45) is 5.36. The number of aldehydes is 1. The summed E-state index contributed by atoms with van der Waals surface area (Å²) >= 11 is 0. The molecule has 0 radical (unpaired) electrons. The molecule has 0 saturated carbocycles. The van der Waals surface area contributed by atoms with Crippen LogP contribution in [0.2, 0.25) is 0 Å². The van der Waals surface area contributed by atoms with Crippen molar-refractivity contribution in [3.8, 4) is 11.8 Å². The van der Waals surface area contributed by atoms with E-state index in [1.807, 2.05) is 26.0 Å². The molecule has 8 heteroatoms. The Morgan fingerprint density at radius 1 is 1.44 bits per heavy atom. The summed E-state index contributed by atoms with van der Waals surface area (Å²) in [5.74, 6) is 0.0707. The van der Waals surface area contributed by atoms with Crippen molar-refractivity contribution in [1.29, 1.82) is 5.26 Å². The zero-order chi connectivity index (χ0) is 23.3. The number of nitriles is 1. The van der Waals surface area contributed by atoms with E-state index in [1.54, 1.807) is 17.0 Å². The molecule has 1 unspecified atom stereocenters. The Hall–Kier alpha value is -3.37. The Labute approximate surface area is 188 Å². The highest BCUT2D eigenvalue weighted by atomic mass is 16.3. The maximum atomic E-state index is 12.7. The first kappa shape index (κ1) is 23.3. The SMILES string of the molecule is CC(C)c1cc(C2N(C)NC(=O)N2CC2=CCC(CNCCC#N)=C=C2)c(O)cc1C=O. The lowest BCUT2D eigenvalue weighted by atomic mass is 9.93. The Morgan fingerprint density at radius 2 is 2.22 bits per heavy atom. The van der Waals surface area contributed by atoms with Crippen LogP contribution in [-0.4, -0.2) is 54.0 Å². The third-order valence-electron chi connectivity index (χ3n) is 5.63. The lowest BCUT2D eigenvalue weighted by molar-refractivity contribution is 0.112. The number of benzene rings is 1. The van der Waals surface area contributed by atoms with E-state index in [2.05, 4.69) is 28.6 Å². The zero-order valence-electron chi connectivity index (χ0n) is 18.7. The van der Waals surface area contributed by atoms with Gasteiger partial charge in [-0.3, -0.25) is 15.1 Å². The number of phenolic OH excluding ortho intramolecular Hbond substituents is 1. The van der Waals surface area contributed by atoms with Gasteiger partial charge in [-0.2, -0.15) is 10.3 Å². The lowest BCUT2D eigenvalue weighted by Gasteiger charge is -2.28. The summed E-state index contributed by atoms with van der Waals surface area (Å²) in [4.78, 5) is 25.8. The van der Waals surface area contributed by atoms with Crippen LogP contribution in [-0.2, 0) is 0 Å². The molecule has 1 aliphatic heterocycles. The molecule has 0 aromatic heterocycles. The van der Waals surface area contributed by atoms with Crippen LogP contribution in [0.3, 0.4) is 0 Å². The highest BCUT2D eigenvalue weighted by molar-refractivity contribution is 5.80. The highest BCUT2D eigenvalue weighted by Gasteiger charge is 2.38. The Kier molecular flexibility index (Phi) is 7.49. The fourth-order valence-corrected chi connectivity index (χ4v) is 3.96. The van der Waals surface area contributed by atoms with Gasteiger partial charge in [0.2, 0.25) is 0 Å². The molecule has 2 aliphatic rings. The van der Waals surface area contributed by atoms with E-state index >= 15 is 0 Å².